The third-order valence-electron chi connectivity index (χ3n) is 4.98. The molecule has 0 aromatic heterocycles. The molecule has 138 valence electrons. The van der Waals surface area contributed by atoms with Crippen molar-refractivity contribution >= 4 is 9.84 Å². The van der Waals surface area contributed by atoms with Crippen molar-refractivity contribution in [1.29, 1.82) is 0 Å². The number of hydrogen-bond acceptors (Lipinski definition) is 4. The van der Waals surface area contributed by atoms with Crippen LogP contribution in [0, 0.1) is 0 Å². The van der Waals surface area contributed by atoms with E-state index >= 15 is 0 Å². The molecule has 1 aliphatic rings. The van der Waals surface area contributed by atoms with E-state index in [1.165, 1.54) is 0 Å². The van der Waals surface area contributed by atoms with Gasteiger partial charge in [-0.15, -0.1) is 0 Å². The van der Waals surface area contributed by atoms with E-state index in [9.17, 15) is 8.42 Å². The molecule has 0 saturated carbocycles. The van der Waals surface area contributed by atoms with Crippen molar-refractivity contribution < 1.29 is 13.3 Å². The van der Waals surface area contributed by atoms with Gasteiger partial charge in [0.05, 0.1) is 10.9 Å². The maximum absolute atomic E-state index is 13.6. The van der Waals surface area contributed by atoms with Gasteiger partial charge in [-0.05, 0) is 23.3 Å². The molecule has 0 unspecified atom stereocenters. The maximum Gasteiger partial charge on any atom is 0.186 e. The molecule has 1 heterocycles. The van der Waals surface area contributed by atoms with Crippen LogP contribution in [-0.4, -0.2) is 25.8 Å². The molecule has 3 atom stereocenters. The molecule has 4 nitrogen and oxygen atoms in total. The lowest BCUT2D eigenvalue weighted by Gasteiger charge is -2.24. The second-order valence-corrected chi connectivity index (χ2v) is 8.77. The van der Waals surface area contributed by atoms with Crippen LogP contribution in [0.4, 0.5) is 0 Å². The number of benzene rings is 3. The third-order valence-corrected chi connectivity index (χ3v) is 7.13. The topological polar surface area (TPSA) is 46.6 Å². The first kappa shape index (κ1) is 17.9. The minimum absolute atomic E-state index is 0.316. The van der Waals surface area contributed by atoms with Gasteiger partial charge in [0.25, 0.3) is 0 Å². The van der Waals surface area contributed by atoms with Gasteiger partial charge in [0, 0.05) is 7.05 Å². The van der Waals surface area contributed by atoms with Crippen molar-refractivity contribution in [1.82, 2.24) is 5.06 Å². The summed E-state index contributed by atoms with van der Waals surface area (Å²) in [7, 11) is -1.83. The third kappa shape index (κ3) is 3.30. The van der Waals surface area contributed by atoms with Crippen LogP contribution < -0.4 is 0 Å². The molecule has 0 N–H and O–H groups in total. The molecule has 0 amide bonds. The average Bonchev–Trinajstić information content (AvgIpc) is 3.08. The highest BCUT2D eigenvalue weighted by molar-refractivity contribution is 7.92. The van der Waals surface area contributed by atoms with E-state index in [-0.39, 0.29) is 0 Å². The van der Waals surface area contributed by atoms with E-state index < -0.39 is 27.2 Å². The molecule has 1 fully saturated rings. The quantitative estimate of drug-likeness (QED) is 0.682. The summed E-state index contributed by atoms with van der Waals surface area (Å²) in [5, 5.41) is 0.924. The van der Waals surface area contributed by atoms with Gasteiger partial charge in [-0.25, -0.2) is 8.42 Å². The summed E-state index contributed by atoms with van der Waals surface area (Å²) in [4.78, 5) is 6.40. The SMILES string of the molecule is CN1O[C@H](c2ccccc2)[C@H](S(=O)(=O)c2ccccc2)[C@H]1c1ccccc1. The summed E-state index contributed by atoms with van der Waals surface area (Å²) in [6.45, 7) is 0. The van der Waals surface area contributed by atoms with E-state index in [1.807, 2.05) is 66.7 Å². The number of hydrogen-bond donors (Lipinski definition) is 0. The van der Waals surface area contributed by atoms with Gasteiger partial charge in [0.2, 0.25) is 0 Å². The molecule has 1 aliphatic heterocycles. The van der Waals surface area contributed by atoms with Gasteiger partial charge in [-0.3, -0.25) is 4.84 Å². The summed E-state index contributed by atoms with van der Waals surface area (Å²) in [5.74, 6) is 0. The first-order valence-electron chi connectivity index (χ1n) is 8.87. The molecular formula is C22H21NO3S. The van der Waals surface area contributed by atoms with Gasteiger partial charge in [0.1, 0.15) is 11.4 Å². The summed E-state index contributed by atoms with van der Waals surface area (Å²) >= 11 is 0. The number of nitrogens with zero attached hydrogens (tertiary/aromatic N) is 1. The Bertz CT molecular complexity index is 992. The lowest BCUT2D eigenvalue weighted by molar-refractivity contribution is -0.145. The molecule has 3 aromatic carbocycles. The van der Waals surface area contributed by atoms with Gasteiger partial charge in [0.15, 0.2) is 9.84 Å². The van der Waals surface area contributed by atoms with Gasteiger partial charge in [-0.2, -0.15) is 5.06 Å². The lowest BCUT2D eigenvalue weighted by atomic mass is 9.97. The number of hydroxylamine groups is 2. The van der Waals surface area contributed by atoms with Gasteiger partial charge < -0.3 is 0 Å². The predicted octanol–water partition coefficient (Wildman–Crippen LogP) is 4.19. The first-order valence-corrected chi connectivity index (χ1v) is 10.4. The number of rotatable bonds is 4. The van der Waals surface area contributed by atoms with Crippen molar-refractivity contribution in [2.45, 2.75) is 22.3 Å². The molecule has 0 spiro atoms. The Kier molecular flexibility index (Phi) is 4.83. The zero-order valence-electron chi connectivity index (χ0n) is 15.0. The highest BCUT2D eigenvalue weighted by Gasteiger charge is 2.50. The maximum atomic E-state index is 13.6. The molecule has 27 heavy (non-hydrogen) atoms. The van der Waals surface area contributed by atoms with Gasteiger partial charge >= 0.3 is 0 Å². The minimum atomic E-state index is -3.63. The van der Waals surface area contributed by atoms with E-state index in [0.29, 0.717) is 4.90 Å². The first-order chi connectivity index (χ1) is 13.1. The fourth-order valence-corrected chi connectivity index (χ4v) is 5.77. The van der Waals surface area contributed by atoms with E-state index in [4.69, 9.17) is 4.84 Å². The van der Waals surface area contributed by atoms with Crippen molar-refractivity contribution in [3.63, 3.8) is 0 Å². The fraction of sp³-hybridized carbons (Fsp3) is 0.182. The van der Waals surface area contributed by atoms with E-state index in [1.54, 1.807) is 36.4 Å². The van der Waals surface area contributed by atoms with Crippen molar-refractivity contribution in [3.8, 4) is 0 Å². The Hall–Kier alpha value is -2.47. The molecule has 0 radical (unpaired) electrons. The summed E-state index contributed by atoms with van der Waals surface area (Å²) < 4.78 is 27.3. The van der Waals surface area contributed by atoms with Crippen molar-refractivity contribution in [2.24, 2.45) is 0 Å². The molecular weight excluding hydrogens is 358 g/mol. The Morgan fingerprint density at radius 2 is 1.22 bits per heavy atom. The summed E-state index contributed by atoms with van der Waals surface area (Å²) in [6.07, 6.45) is -0.577. The van der Waals surface area contributed by atoms with Gasteiger partial charge in [-0.1, -0.05) is 78.9 Å². The van der Waals surface area contributed by atoms with Crippen molar-refractivity contribution in [3.05, 3.63) is 102 Å². The zero-order chi connectivity index (χ0) is 18.9. The molecule has 1 saturated heterocycles. The molecule has 0 aliphatic carbocycles. The van der Waals surface area contributed by atoms with E-state index in [2.05, 4.69) is 0 Å². The van der Waals surface area contributed by atoms with Crippen LogP contribution in [0.3, 0.4) is 0 Å². The highest BCUT2D eigenvalue weighted by atomic mass is 32.2. The smallest absolute Gasteiger partial charge is 0.186 e. The summed E-state index contributed by atoms with van der Waals surface area (Å²) in [6, 6.07) is 27.4. The molecule has 0 bridgehead atoms. The number of sulfone groups is 1. The van der Waals surface area contributed by atoms with Crippen LogP contribution >= 0.6 is 0 Å². The fourth-order valence-electron chi connectivity index (χ4n) is 3.72. The Labute approximate surface area is 159 Å². The second kappa shape index (κ2) is 7.27. The molecule has 3 aromatic rings. The monoisotopic (exact) mass is 379 g/mol. The zero-order valence-corrected chi connectivity index (χ0v) is 15.8. The minimum Gasteiger partial charge on any atom is -0.289 e. The van der Waals surface area contributed by atoms with Crippen LogP contribution in [0.25, 0.3) is 0 Å². The van der Waals surface area contributed by atoms with Crippen LogP contribution in [0.1, 0.15) is 23.3 Å². The second-order valence-electron chi connectivity index (χ2n) is 6.66. The van der Waals surface area contributed by atoms with Crippen LogP contribution in [0.5, 0.6) is 0 Å². The van der Waals surface area contributed by atoms with Crippen LogP contribution in [-0.2, 0) is 14.7 Å². The van der Waals surface area contributed by atoms with E-state index in [0.717, 1.165) is 11.1 Å². The largest absolute Gasteiger partial charge is 0.289 e. The Balaban J connectivity index is 1.87. The van der Waals surface area contributed by atoms with Crippen molar-refractivity contribution in [2.75, 3.05) is 7.05 Å². The normalized spacial score (nSPS) is 23.4. The van der Waals surface area contributed by atoms with Crippen LogP contribution in [0.2, 0.25) is 0 Å². The highest BCUT2D eigenvalue weighted by Crippen LogP contribution is 2.46. The Morgan fingerprint density at radius 1 is 0.741 bits per heavy atom. The average molecular weight is 379 g/mol. The molecule has 5 heteroatoms. The predicted molar refractivity (Wildman–Crippen MR) is 105 cm³/mol. The standard InChI is InChI=1S/C22H21NO3S/c1-23-20(17-11-5-2-6-12-17)22(21(26-23)18-13-7-3-8-14-18)27(24,25)19-15-9-4-10-16-19/h2-16,20-22H,1H3/t20-,21-,22-/m1/s1. The molecule has 4 rings (SSSR count). The summed E-state index contributed by atoms with van der Waals surface area (Å²) in [5.41, 5.74) is 1.77. The Morgan fingerprint density at radius 3 is 1.78 bits per heavy atom. The van der Waals surface area contributed by atoms with Crippen LogP contribution in [0.15, 0.2) is 95.9 Å². The lowest BCUT2D eigenvalue weighted by Crippen LogP contribution is -2.32.